The molecule has 4 aromatic rings. The van der Waals surface area contributed by atoms with E-state index in [2.05, 4.69) is 4.98 Å². The van der Waals surface area contributed by atoms with Crippen LogP contribution in [0.5, 0.6) is 0 Å². The molecule has 1 aliphatic rings. The molecular formula is C24H24N6O3. The van der Waals surface area contributed by atoms with Gasteiger partial charge in [0.1, 0.15) is 5.69 Å². The minimum absolute atomic E-state index is 0.102. The van der Waals surface area contributed by atoms with Crippen molar-refractivity contribution in [3.8, 4) is 17.3 Å². The summed E-state index contributed by atoms with van der Waals surface area (Å²) in [5.41, 5.74) is 3.47. The number of ether oxygens (including phenoxy) is 1. The van der Waals surface area contributed by atoms with Crippen LogP contribution in [0.15, 0.2) is 42.6 Å². The smallest absolute Gasteiger partial charge is 0.352 e. The Balaban J connectivity index is 1.78. The lowest BCUT2D eigenvalue weighted by atomic mass is 10.1. The highest BCUT2D eigenvalue weighted by Crippen LogP contribution is 2.29. The number of carboxylic acids is 1. The number of allylic oxidation sites excluding steroid dienone is 1. The zero-order valence-electron chi connectivity index (χ0n) is 18.4. The van der Waals surface area contributed by atoms with Crippen molar-refractivity contribution in [2.75, 3.05) is 31.2 Å². The van der Waals surface area contributed by atoms with Gasteiger partial charge in [-0.25, -0.2) is 4.79 Å². The number of morpholine rings is 1. The third-order valence-electron chi connectivity index (χ3n) is 5.72. The SMILES string of the molecule is C/C=C\c1c(C)cc(C(=O)O)n1-c1nc(-c2cccc3[nH]ccc23)nc(N2CCOCC2)n1. The van der Waals surface area contributed by atoms with Crippen molar-refractivity contribution in [2.45, 2.75) is 13.8 Å². The van der Waals surface area contributed by atoms with E-state index >= 15 is 0 Å². The van der Waals surface area contributed by atoms with Crippen molar-refractivity contribution in [1.82, 2.24) is 24.5 Å². The van der Waals surface area contributed by atoms with Crippen LogP contribution in [0.25, 0.3) is 34.3 Å². The van der Waals surface area contributed by atoms with E-state index in [1.807, 2.05) is 61.4 Å². The average Bonchev–Trinajstić information content (AvgIpc) is 3.44. The molecule has 1 aliphatic heterocycles. The minimum atomic E-state index is -1.04. The predicted molar refractivity (Wildman–Crippen MR) is 126 cm³/mol. The third-order valence-corrected chi connectivity index (χ3v) is 5.72. The van der Waals surface area contributed by atoms with Gasteiger partial charge in [-0.1, -0.05) is 18.2 Å². The number of nitrogens with one attached hydrogen (secondary N) is 1. The Bertz CT molecular complexity index is 1360. The molecule has 0 bridgehead atoms. The fraction of sp³-hybridized carbons (Fsp3) is 0.250. The summed E-state index contributed by atoms with van der Waals surface area (Å²) in [6, 6.07) is 9.52. The lowest BCUT2D eigenvalue weighted by molar-refractivity contribution is 0.0687. The second-order valence-corrected chi connectivity index (χ2v) is 7.84. The highest BCUT2D eigenvalue weighted by Gasteiger charge is 2.23. The summed E-state index contributed by atoms with van der Waals surface area (Å²) < 4.78 is 7.08. The number of aromatic amines is 1. The Hall–Kier alpha value is -3.98. The van der Waals surface area contributed by atoms with Gasteiger partial charge in [-0.2, -0.15) is 15.0 Å². The first-order valence-corrected chi connectivity index (χ1v) is 10.8. The summed E-state index contributed by atoms with van der Waals surface area (Å²) in [5.74, 6) is 0.213. The molecule has 2 N–H and O–H groups in total. The van der Waals surface area contributed by atoms with Gasteiger partial charge >= 0.3 is 5.97 Å². The first kappa shape index (κ1) is 20.9. The molecule has 0 radical (unpaired) electrons. The third kappa shape index (κ3) is 3.76. The van der Waals surface area contributed by atoms with Crippen molar-refractivity contribution < 1.29 is 14.6 Å². The molecule has 0 aliphatic carbocycles. The summed E-state index contributed by atoms with van der Waals surface area (Å²) in [7, 11) is 0. The molecule has 33 heavy (non-hydrogen) atoms. The van der Waals surface area contributed by atoms with Gasteiger partial charge in [-0.3, -0.25) is 4.57 Å². The van der Waals surface area contributed by atoms with Gasteiger partial charge in [0, 0.05) is 35.8 Å². The van der Waals surface area contributed by atoms with E-state index in [1.54, 1.807) is 10.6 Å². The lowest BCUT2D eigenvalue weighted by Gasteiger charge is -2.27. The van der Waals surface area contributed by atoms with Gasteiger partial charge in [-0.15, -0.1) is 0 Å². The van der Waals surface area contributed by atoms with E-state index in [-0.39, 0.29) is 11.6 Å². The molecule has 0 atom stereocenters. The molecule has 1 fully saturated rings. The molecule has 1 aromatic carbocycles. The fourth-order valence-corrected chi connectivity index (χ4v) is 4.15. The summed E-state index contributed by atoms with van der Waals surface area (Å²) in [6.07, 6.45) is 5.61. The standard InChI is InChI=1S/C24H24N6O3/c1-3-5-19-15(2)14-20(22(31)32)30(19)24-27-21(17-6-4-7-18-16(17)8-9-25-18)26-23(28-24)29-10-12-33-13-11-29/h3-9,14,25H,10-13H2,1-2H3,(H,31,32)/b5-3-. The Labute approximate surface area is 190 Å². The number of rotatable bonds is 5. The zero-order chi connectivity index (χ0) is 22.9. The van der Waals surface area contributed by atoms with Crippen molar-refractivity contribution in [1.29, 1.82) is 0 Å². The molecule has 4 heterocycles. The van der Waals surface area contributed by atoms with Gasteiger partial charge in [-0.05, 0) is 43.7 Å². The first-order valence-electron chi connectivity index (χ1n) is 10.8. The Morgan fingerprint density at radius 1 is 1.15 bits per heavy atom. The second-order valence-electron chi connectivity index (χ2n) is 7.84. The number of hydrogen-bond acceptors (Lipinski definition) is 6. The number of aromatic carboxylic acids is 1. The van der Waals surface area contributed by atoms with E-state index in [0.29, 0.717) is 38.1 Å². The van der Waals surface area contributed by atoms with Crippen LogP contribution in [-0.4, -0.2) is 61.9 Å². The monoisotopic (exact) mass is 444 g/mol. The number of nitrogens with zero attached hydrogens (tertiary/aromatic N) is 5. The molecule has 0 amide bonds. The molecular weight excluding hydrogens is 420 g/mol. The van der Waals surface area contributed by atoms with Gasteiger partial charge in [0.25, 0.3) is 0 Å². The van der Waals surface area contributed by atoms with E-state index in [9.17, 15) is 9.90 Å². The molecule has 3 aromatic heterocycles. The van der Waals surface area contributed by atoms with Crippen molar-refractivity contribution in [3.05, 3.63) is 59.6 Å². The summed E-state index contributed by atoms with van der Waals surface area (Å²) >= 11 is 0. The number of hydrogen-bond donors (Lipinski definition) is 2. The molecule has 0 spiro atoms. The number of H-pyrrole nitrogens is 1. The van der Waals surface area contributed by atoms with Crippen LogP contribution in [0.1, 0.15) is 28.7 Å². The zero-order valence-corrected chi connectivity index (χ0v) is 18.4. The van der Waals surface area contributed by atoms with Gasteiger partial charge in [0.05, 0.1) is 18.9 Å². The highest BCUT2D eigenvalue weighted by molar-refractivity contribution is 5.93. The van der Waals surface area contributed by atoms with E-state index in [1.165, 1.54) is 0 Å². The summed E-state index contributed by atoms with van der Waals surface area (Å²) in [4.78, 5) is 31.6. The number of carbonyl (C=O) groups is 1. The second kappa shape index (κ2) is 8.51. The maximum absolute atomic E-state index is 12.1. The fourth-order valence-electron chi connectivity index (χ4n) is 4.15. The molecule has 168 valence electrons. The summed E-state index contributed by atoms with van der Waals surface area (Å²) in [5, 5.41) is 10.9. The van der Waals surface area contributed by atoms with Crippen LogP contribution in [0.3, 0.4) is 0 Å². The predicted octanol–water partition coefficient (Wildman–Crippen LogP) is 3.69. The topological polar surface area (TPSA) is 109 Å². The van der Waals surface area contributed by atoms with Crippen molar-refractivity contribution in [3.63, 3.8) is 0 Å². The minimum Gasteiger partial charge on any atom is -0.477 e. The van der Waals surface area contributed by atoms with Gasteiger partial charge in [0.2, 0.25) is 11.9 Å². The maximum atomic E-state index is 12.1. The summed E-state index contributed by atoms with van der Waals surface area (Å²) in [6.45, 7) is 6.23. The quantitative estimate of drug-likeness (QED) is 0.483. The maximum Gasteiger partial charge on any atom is 0.352 e. The number of benzene rings is 1. The van der Waals surface area contributed by atoms with E-state index < -0.39 is 5.97 Å². The molecule has 1 saturated heterocycles. The largest absolute Gasteiger partial charge is 0.477 e. The van der Waals surface area contributed by atoms with Gasteiger partial charge in [0.15, 0.2) is 5.82 Å². The highest BCUT2D eigenvalue weighted by atomic mass is 16.5. The van der Waals surface area contributed by atoms with Crippen LogP contribution >= 0.6 is 0 Å². The Morgan fingerprint density at radius 2 is 1.94 bits per heavy atom. The van der Waals surface area contributed by atoms with Crippen LogP contribution < -0.4 is 4.90 Å². The van der Waals surface area contributed by atoms with Crippen LogP contribution in [-0.2, 0) is 4.74 Å². The molecule has 0 saturated carbocycles. The molecule has 0 unspecified atom stereocenters. The Kier molecular flexibility index (Phi) is 5.39. The Morgan fingerprint density at radius 3 is 2.70 bits per heavy atom. The van der Waals surface area contributed by atoms with Crippen molar-refractivity contribution in [2.24, 2.45) is 0 Å². The number of fused-ring (bicyclic) bond motifs is 1. The van der Waals surface area contributed by atoms with Crippen LogP contribution in [0.4, 0.5) is 5.95 Å². The van der Waals surface area contributed by atoms with E-state index in [0.717, 1.165) is 27.7 Å². The molecule has 9 nitrogen and oxygen atoms in total. The molecule has 5 rings (SSSR count). The lowest BCUT2D eigenvalue weighted by Crippen LogP contribution is -2.37. The number of carboxylic acid groups (broad SMARTS) is 1. The average molecular weight is 444 g/mol. The van der Waals surface area contributed by atoms with E-state index in [4.69, 9.17) is 19.7 Å². The number of aryl methyl sites for hydroxylation is 1. The van der Waals surface area contributed by atoms with Gasteiger partial charge < -0.3 is 19.7 Å². The van der Waals surface area contributed by atoms with Crippen molar-refractivity contribution >= 4 is 28.9 Å². The number of aromatic nitrogens is 5. The normalized spacial score (nSPS) is 14.4. The van der Waals surface area contributed by atoms with Crippen LogP contribution in [0.2, 0.25) is 0 Å². The molecule has 9 heteroatoms. The van der Waals surface area contributed by atoms with Crippen LogP contribution in [0, 0.1) is 6.92 Å². The number of anilines is 1. The first-order chi connectivity index (χ1) is 16.1.